The van der Waals surface area contributed by atoms with Gasteiger partial charge in [-0.25, -0.2) is 0 Å². The van der Waals surface area contributed by atoms with E-state index >= 15 is 0 Å². The summed E-state index contributed by atoms with van der Waals surface area (Å²) in [5.74, 6) is 0. The SMILES string of the molecule is BOC(C)(C)POC1CC(C)(C)N(C)C(C)(C)C1. The first kappa shape index (κ1) is 16.4. The number of hydrogen-bond donors (Lipinski definition) is 0. The molecule has 1 atom stereocenters. The lowest BCUT2D eigenvalue weighted by atomic mass is 9.79. The van der Waals surface area contributed by atoms with Gasteiger partial charge in [-0.05, 0) is 61.4 Å². The van der Waals surface area contributed by atoms with Gasteiger partial charge in [0.2, 0.25) is 0 Å². The molecule has 3 nitrogen and oxygen atoms in total. The van der Waals surface area contributed by atoms with E-state index < -0.39 is 0 Å². The van der Waals surface area contributed by atoms with Crippen LogP contribution in [-0.2, 0) is 9.18 Å². The smallest absolute Gasteiger partial charge is 0.258 e. The van der Waals surface area contributed by atoms with Gasteiger partial charge < -0.3 is 9.18 Å². The Balaban J connectivity index is 2.64. The first-order chi connectivity index (χ1) is 8.00. The van der Waals surface area contributed by atoms with Crippen molar-refractivity contribution in [2.45, 2.75) is 76.9 Å². The van der Waals surface area contributed by atoms with E-state index in [0.29, 0.717) is 14.9 Å². The van der Waals surface area contributed by atoms with Crippen LogP contribution in [0.3, 0.4) is 0 Å². The molecule has 0 aromatic heterocycles. The van der Waals surface area contributed by atoms with E-state index in [1.165, 1.54) is 0 Å². The Morgan fingerprint density at radius 1 is 1.17 bits per heavy atom. The Bertz CT molecular complexity index is 277. The van der Waals surface area contributed by atoms with Crippen LogP contribution in [0.15, 0.2) is 0 Å². The summed E-state index contributed by atoms with van der Waals surface area (Å²) >= 11 is 0. The summed E-state index contributed by atoms with van der Waals surface area (Å²) in [6.07, 6.45) is 2.50. The van der Waals surface area contributed by atoms with Crippen LogP contribution in [0.25, 0.3) is 0 Å². The average Bonchev–Trinajstić information content (AvgIpc) is 2.22. The normalized spacial score (nSPS) is 25.9. The van der Waals surface area contributed by atoms with Crippen LogP contribution in [0, 0.1) is 0 Å². The van der Waals surface area contributed by atoms with Crippen molar-refractivity contribution >= 4 is 16.9 Å². The van der Waals surface area contributed by atoms with Gasteiger partial charge in [0.15, 0.2) is 0 Å². The zero-order chi connectivity index (χ0) is 14.2. The monoisotopic (exact) mass is 273 g/mol. The van der Waals surface area contributed by atoms with Crippen LogP contribution in [-0.4, -0.2) is 42.5 Å². The Morgan fingerprint density at radius 3 is 2.00 bits per heavy atom. The predicted octanol–water partition coefficient (Wildman–Crippen LogP) is 2.55. The van der Waals surface area contributed by atoms with E-state index in [4.69, 9.17) is 9.18 Å². The number of piperidine rings is 1. The third-order valence-corrected chi connectivity index (χ3v) is 5.40. The molecule has 1 saturated heterocycles. The molecule has 0 radical (unpaired) electrons. The van der Waals surface area contributed by atoms with Gasteiger partial charge in [-0.1, -0.05) is 0 Å². The molecule has 0 aliphatic carbocycles. The van der Waals surface area contributed by atoms with Crippen molar-refractivity contribution in [2.75, 3.05) is 7.05 Å². The van der Waals surface area contributed by atoms with E-state index in [9.17, 15) is 0 Å². The van der Waals surface area contributed by atoms with E-state index in [0.717, 1.165) is 12.8 Å². The number of rotatable bonds is 4. The fourth-order valence-electron chi connectivity index (χ4n) is 2.63. The van der Waals surface area contributed by atoms with Crippen LogP contribution in [0.1, 0.15) is 54.4 Å². The van der Waals surface area contributed by atoms with Crippen molar-refractivity contribution in [3.05, 3.63) is 0 Å². The van der Waals surface area contributed by atoms with Crippen LogP contribution in [0.4, 0.5) is 0 Å². The molecule has 106 valence electrons. The summed E-state index contributed by atoms with van der Waals surface area (Å²) in [5, 5.41) is -0.169. The topological polar surface area (TPSA) is 21.7 Å². The highest BCUT2D eigenvalue weighted by Gasteiger charge is 2.43. The summed E-state index contributed by atoms with van der Waals surface area (Å²) in [4.78, 5) is 2.48. The molecule has 0 saturated carbocycles. The summed E-state index contributed by atoms with van der Waals surface area (Å²) in [6, 6.07) is 0. The maximum atomic E-state index is 6.13. The first-order valence-corrected chi connectivity index (χ1v) is 7.63. The molecule has 1 unspecified atom stereocenters. The molecule has 0 aromatic rings. The second kappa shape index (κ2) is 5.40. The van der Waals surface area contributed by atoms with Gasteiger partial charge in [0.1, 0.15) is 0 Å². The third kappa shape index (κ3) is 3.93. The fourth-order valence-corrected chi connectivity index (χ4v) is 3.33. The molecule has 1 aliphatic rings. The van der Waals surface area contributed by atoms with Gasteiger partial charge in [-0.2, -0.15) is 0 Å². The standard InChI is InChI=1S/C13H29BNO2P/c1-11(2)8-10(9-12(3,4)15(11)7)16-18-13(5,6)17-14/h10,18H,8-9,14H2,1-7H3. The van der Waals surface area contributed by atoms with Crippen LogP contribution >= 0.6 is 8.81 Å². The minimum absolute atomic E-state index is 0.169. The Morgan fingerprint density at radius 2 is 1.61 bits per heavy atom. The minimum atomic E-state index is -0.169. The molecule has 18 heavy (non-hydrogen) atoms. The molecule has 1 fully saturated rings. The fraction of sp³-hybridized carbons (Fsp3) is 1.00. The molecule has 0 amide bonds. The highest BCUT2D eigenvalue weighted by molar-refractivity contribution is 7.34. The van der Waals surface area contributed by atoms with Gasteiger partial charge in [0.05, 0.1) is 11.4 Å². The van der Waals surface area contributed by atoms with Gasteiger partial charge >= 0.3 is 0 Å². The molecule has 1 rings (SSSR count). The van der Waals surface area contributed by atoms with E-state index in [2.05, 4.69) is 53.5 Å². The van der Waals surface area contributed by atoms with Crippen molar-refractivity contribution in [3.8, 4) is 0 Å². The molecular weight excluding hydrogens is 244 g/mol. The van der Waals surface area contributed by atoms with Crippen molar-refractivity contribution in [3.63, 3.8) is 0 Å². The third-order valence-electron chi connectivity index (χ3n) is 4.25. The van der Waals surface area contributed by atoms with Gasteiger partial charge in [0, 0.05) is 19.9 Å². The summed E-state index contributed by atoms with van der Waals surface area (Å²) in [6.45, 7) is 13.4. The van der Waals surface area contributed by atoms with E-state index in [1.54, 1.807) is 8.05 Å². The van der Waals surface area contributed by atoms with Crippen molar-refractivity contribution in [2.24, 2.45) is 0 Å². The van der Waals surface area contributed by atoms with Crippen molar-refractivity contribution in [1.29, 1.82) is 0 Å². The first-order valence-electron chi connectivity index (χ1n) is 6.72. The van der Waals surface area contributed by atoms with Crippen LogP contribution in [0.2, 0.25) is 0 Å². The number of likely N-dealkylation sites (tertiary alicyclic amines) is 1. The van der Waals surface area contributed by atoms with Crippen LogP contribution in [0.5, 0.6) is 0 Å². The van der Waals surface area contributed by atoms with E-state index in [1.807, 2.05) is 0 Å². The highest BCUT2D eigenvalue weighted by atomic mass is 31.1. The Hall–Kier alpha value is 0.375. The molecule has 0 spiro atoms. The Labute approximate surface area is 115 Å². The summed E-state index contributed by atoms with van der Waals surface area (Å²) in [5.41, 5.74) is 0.377. The number of nitrogens with zero attached hydrogens (tertiary/aromatic N) is 1. The minimum Gasteiger partial charge on any atom is -0.434 e. The van der Waals surface area contributed by atoms with Gasteiger partial charge in [0.25, 0.3) is 8.05 Å². The quantitative estimate of drug-likeness (QED) is 0.580. The zero-order valence-electron chi connectivity index (χ0n) is 13.3. The molecular formula is C13H29BNO2P. The van der Waals surface area contributed by atoms with E-state index in [-0.39, 0.29) is 16.4 Å². The van der Waals surface area contributed by atoms with Crippen molar-refractivity contribution in [1.82, 2.24) is 4.90 Å². The second-order valence-corrected chi connectivity index (χ2v) is 8.79. The lowest BCUT2D eigenvalue weighted by molar-refractivity contribution is -0.0535. The van der Waals surface area contributed by atoms with Crippen LogP contribution < -0.4 is 0 Å². The zero-order valence-corrected chi connectivity index (χ0v) is 14.3. The maximum absolute atomic E-state index is 6.13. The lowest BCUT2D eigenvalue weighted by Gasteiger charge is -2.53. The largest absolute Gasteiger partial charge is 0.434 e. The highest BCUT2D eigenvalue weighted by Crippen LogP contribution is 2.42. The molecule has 0 N–H and O–H groups in total. The summed E-state index contributed by atoms with van der Waals surface area (Å²) < 4.78 is 11.6. The molecule has 1 aliphatic heterocycles. The Kier molecular flexibility index (Phi) is 4.93. The summed E-state index contributed by atoms with van der Waals surface area (Å²) in [7, 11) is 4.36. The number of hydrogen-bond acceptors (Lipinski definition) is 3. The molecule has 0 aromatic carbocycles. The maximum Gasteiger partial charge on any atom is 0.258 e. The molecule has 5 heteroatoms. The van der Waals surface area contributed by atoms with Crippen molar-refractivity contribution < 1.29 is 9.18 Å². The second-order valence-electron chi connectivity index (χ2n) is 7.15. The molecule has 1 heterocycles. The average molecular weight is 273 g/mol. The molecule has 0 bridgehead atoms. The predicted molar refractivity (Wildman–Crippen MR) is 82.1 cm³/mol. The lowest BCUT2D eigenvalue weighted by Crippen LogP contribution is -2.60. The van der Waals surface area contributed by atoms with Gasteiger partial charge in [-0.3, -0.25) is 4.90 Å². The van der Waals surface area contributed by atoms with Gasteiger partial charge in [-0.15, -0.1) is 0 Å².